The molecule has 3 N–H and O–H groups in total. The van der Waals surface area contributed by atoms with Gasteiger partial charge in [-0.05, 0) is 43.0 Å². The van der Waals surface area contributed by atoms with Crippen LogP contribution in [0.15, 0.2) is 18.2 Å². The second-order valence-electron chi connectivity index (χ2n) is 6.93. The van der Waals surface area contributed by atoms with E-state index in [4.69, 9.17) is 4.74 Å². The molecule has 1 aromatic carbocycles. The molecule has 3 rings (SSSR count). The number of rotatable bonds is 6. The quantitative estimate of drug-likeness (QED) is 0.700. The van der Waals surface area contributed by atoms with E-state index >= 15 is 0 Å². The second-order valence-corrected chi connectivity index (χ2v) is 6.93. The van der Waals surface area contributed by atoms with Crippen molar-refractivity contribution in [2.75, 3.05) is 18.5 Å². The van der Waals surface area contributed by atoms with Crippen molar-refractivity contribution in [3.8, 4) is 5.75 Å². The smallest absolute Gasteiger partial charge is 0.224 e. The largest absolute Gasteiger partial charge is 0.491 e. The van der Waals surface area contributed by atoms with E-state index in [9.17, 15) is 9.90 Å². The monoisotopic (exact) mass is 332 g/mol. The van der Waals surface area contributed by atoms with E-state index < -0.39 is 6.10 Å². The van der Waals surface area contributed by atoms with Crippen LogP contribution in [-0.4, -0.2) is 36.3 Å². The van der Waals surface area contributed by atoms with E-state index in [0.717, 1.165) is 23.4 Å². The number of aryl methyl sites for hydroxylation is 1. The molecule has 0 unspecified atom stereocenters. The van der Waals surface area contributed by atoms with Crippen LogP contribution < -0.4 is 15.4 Å². The number of benzene rings is 1. The maximum atomic E-state index is 11.4. The molecule has 0 bridgehead atoms. The molecule has 24 heavy (non-hydrogen) atoms. The van der Waals surface area contributed by atoms with Gasteiger partial charge in [0.05, 0.1) is 0 Å². The third-order valence-electron chi connectivity index (χ3n) is 4.91. The fourth-order valence-corrected chi connectivity index (χ4v) is 3.49. The van der Waals surface area contributed by atoms with Crippen molar-refractivity contribution in [1.29, 1.82) is 0 Å². The summed E-state index contributed by atoms with van der Waals surface area (Å²) in [6, 6.07) is 6.21. The van der Waals surface area contributed by atoms with Crippen LogP contribution in [0.2, 0.25) is 0 Å². The van der Waals surface area contributed by atoms with Crippen LogP contribution in [0.25, 0.3) is 0 Å². The first-order valence-electron chi connectivity index (χ1n) is 9.18. The van der Waals surface area contributed by atoms with Crippen LogP contribution in [0, 0.1) is 0 Å². The number of anilines is 1. The van der Waals surface area contributed by atoms with Gasteiger partial charge in [-0.2, -0.15) is 0 Å². The molecule has 1 saturated carbocycles. The molecule has 1 atom stereocenters. The summed E-state index contributed by atoms with van der Waals surface area (Å²) in [5.41, 5.74) is 1.97. The van der Waals surface area contributed by atoms with Gasteiger partial charge < -0.3 is 20.5 Å². The van der Waals surface area contributed by atoms with Gasteiger partial charge in [0.15, 0.2) is 0 Å². The summed E-state index contributed by atoms with van der Waals surface area (Å²) in [4.78, 5) is 11.4. The van der Waals surface area contributed by atoms with Gasteiger partial charge in [0.1, 0.15) is 18.5 Å². The Morgan fingerprint density at radius 2 is 2.00 bits per heavy atom. The first-order valence-corrected chi connectivity index (χ1v) is 9.18. The number of aliphatic hydroxyl groups excluding tert-OH is 1. The lowest BCUT2D eigenvalue weighted by atomic mass is 10.0. The molecule has 0 radical (unpaired) electrons. The molecule has 1 aliphatic carbocycles. The SMILES string of the molecule is O=C1CCc2cc(OC[C@@H](O)CNC3CCCCCC3)ccc2N1. The molecule has 1 aliphatic heterocycles. The zero-order valence-corrected chi connectivity index (χ0v) is 14.2. The Labute approximate surface area is 143 Å². The van der Waals surface area contributed by atoms with Gasteiger partial charge in [-0.3, -0.25) is 4.79 Å². The van der Waals surface area contributed by atoms with Crippen LogP contribution in [0.3, 0.4) is 0 Å². The number of amides is 1. The van der Waals surface area contributed by atoms with Crippen molar-refractivity contribution < 1.29 is 14.6 Å². The summed E-state index contributed by atoms with van der Waals surface area (Å²) in [7, 11) is 0. The Morgan fingerprint density at radius 1 is 1.21 bits per heavy atom. The van der Waals surface area contributed by atoms with Crippen LogP contribution in [0.4, 0.5) is 5.69 Å². The maximum absolute atomic E-state index is 11.4. The molecule has 1 aromatic rings. The molecule has 5 heteroatoms. The van der Waals surface area contributed by atoms with E-state index in [-0.39, 0.29) is 12.5 Å². The van der Waals surface area contributed by atoms with Gasteiger partial charge in [0, 0.05) is 24.7 Å². The number of aliphatic hydroxyl groups is 1. The Hall–Kier alpha value is -1.59. The van der Waals surface area contributed by atoms with E-state index in [1.54, 1.807) is 0 Å². The molecule has 132 valence electrons. The fourth-order valence-electron chi connectivity index (χ4n) is 3.49. The van der Waals surface area contributed by atoms with Gasteiger partial charge in [-0.1, -0.05) is 25.7 Å². The molecule has 0 spiro atoms. The third kappa shape index (κ3) is 4.95. The Balaban J connectivity index is 1.42. The first kappa shape index (κ1) is 17.2. The average Bonchev–Trinajstić information content (AvgIpc) is 2.87. The average molecular weight is 332 g/mol. The Morgan fingerprint density at radius 3 is 2.79 bits per heavy atom. The number of carbonyl (C=O) groups excluding carboxylic acids is 1. The van der Waals surface area contributed by atoms with Crippen LogP contribution >= 0.6 is 0 Å². The normalized spacial score (nSPS) is 20.0. The molecular weight excluding hydrogens is 304 g/mol. The number of nitrogens with one attached hydrogen (secondary N) is 2. The Bertz CT molecular complexity index is 554. The summed E-state index contributed by atoms with van der Waals surface area (Å²) >= 11 is 0. The van der Waals surface area contributed by atoms with Gasteiger partial charge in [-0.15, -0.1) is 0 Å². The van der Waals surface area contributed by atoms with Crippen molar-refractivity contribution in [1.82, 2.24) is 5.32 Å². The van der Waals surface area contributed by atoms with Gasteiger partial charge >= 0.3 is 0 Å². The molecule has 1 fully saturated rings. The molecule has 5 nitrogen and oxygen atoms in total. The Kier molecular flexibility index (Phi) is 6.10. The van der Waals surface area contributed by atoms with Gasteiger partial charge in [-0.25, -0.2) is 0 Å². The highest BCUT2D eigenvalue weighted by Gasteiger charge is 2.16. The summed E-state index contributed by atoms with van der Waals surface area (Å²) in [5, 5.41) is 16.5. The number of fused-ring (bicyclic) bond motifs is 1. The van der Waals surface area contributed by atoms with E-state index in [1.165, 1.54) is 38.5 Å². The first-order chi connectivity index (χ1) is 11.7. The topological polar surface area (TPSA) is 70.6 Å². The zero-order valence-electron chi connectivity index (χ0n) is 14.2. The minimum atomic E-state index is -0.510. The zero-order chi connectivity index (χ0) is 16.8. The van der Waals surface area contributed by atoms with Crippen molar-refractivity contribution in [2.24, 2.45) is 0 Å². The maximum Gasteiger partial charge on any atom is 0.224 e. The summed E-state index contributed by atoms with van der Waals surface area (Å²) in [6.45, 7) is 0.858. The number of hydrogen-bond acceptors (Lipinski definition) is 4. The highest BCUT2D eigenvalue weighted by atomic mass is 16.5. The lowest BCUT2D eigenvalue weighted by Gasteiger charge is -2.20. The van der Waals surface area contributed by atoms with Crippen molar-refractivity contribution in [3.05, 3.63) is 23.8 Å². The minimum Gasteiger partial charge on any atom is -0.491 e. The van der Waals surface area contributed by atoms with Crippen molar-refractivity contribution >= 4 is 11.6 Å². The van der Waals surface area contributed by atoms with Gasteiger partial charge in [0.2, 0.25) is 5.91 Å². The predicted molar refractivity (Wildman–Crippen MR) is 94.4 cm³/mol. The van der Waals surface area contributed by atoms with Crippen LogP contribution in [0.1, 0.15) is 50.5 Å². The third-order valence-corrected chi connectivity index (χ3v) is 4.91. The standard InChI is InChI=1S/C19H28N2O3/c22-16(12-20-15-5-3-1-2-4-6-15)13-24-17-8-9-18-14(11-17)7-10-19(23)21-18/h8-9,11,15-16,20,22H,1-7,10,12-13H2,(H,21,23)/t16-/m0/s1. The molecule has 2 aliphatic rings. The number of carbonyl (C=O) groups is 1. The summed E-state index contributed by atoms with van der Waals surface area (Å²) in [5.74, 6) is 0.814. The van der Waals surface area contributed by atoms with Crippen molar-refractivity contribution in [3.63, 3.8) is 0 Å². The lowest BCUT2D eigenvalue weighted by Crippen LogP contribution is -2.37. The summed E-state index contributed by atoms with van der Waals surface area (Å²) < 4.78 is 5.72. The molecule has 0 aromatic heterocycles. The van der Waals surface area contributed by atoms with E-state index in [2.05, 4.69) is 10.6 Å². The van der Waals surface area contributed by atoms with E-state index in [0.29, 0.717) is 19.0 Å². The van der Waals surface area contributed by atoms with Crippen LogP contribution in [-0.2, 0) is 11.2 Å². The highest BCUT2D eigenvalue weighted by molar-refractivity contribution is 5.93. The van der Waals surface area contributed by atoms with E-state index in [1.807, 2.05) is 18.2 Å². The molecule has 1 heterocycles. The summed E-state index contributed by atoms with van der Waals surface area (Å²) in [6.07, 6.45) is 8.42. The molecule has 1 amide bonds. The van der Waals surface area contributed by atoms with Crippen LogP contribution in [0.5, 0.6) is 5.75 Å². The fraction of sp³-hybridized carbons (Fsp3) is 0.632. The number of ether oxygens (including phenoxy) is 1. The minimum absolute atomic E-state index is 0.0659. The van der Waals surface area contributed by atoms with Crippen molar-refractivity contribution in [2.45, 2.75) is 63.5 Å². The second kappa shape index (κ2) is 8.49. The molecule has 0 saturated heterocycles. The highest BCUT2D eigenvalue weighted by Crippen LogP contribution is 2.26. The predicted octanol–water partition coefficient (Wildman–Crippen LogP) is 2.62. The molecular formula is C19H28N2O3. The number of hydrogen-bond donors (Lipinski definition) is 3. The lowest BCUT2D eigenvalue weighted by molar-refractivity contribution is -0.116. The van der Waals surface area contributed by atoms with Gasteiger partial charge in [0.25, 0.3) is 0 Å².